The maximum Gasteiger partial charge on any atom is 0.0287 e. The average molecular weight is 227 g/mol. The van der Waals surface area contributed by atoms with E-state index in [1.165, 1.54) is 44.3 Å². The molecule has 0 radical (unpaired) electrons. The standard InChI is InChI=1S/C13H25NS/c1-3-10-14-13(9-11-15-2)12-7-5-4-6-8-12/h7,13-14H,3-6,8-11H2,1-2H3. The lowest BCUT2D eigenvalue weighted by molar-refractivity contribution is 0.520. The van der Waals surface area contributed by atoms with E-state index in [0.717, 1.165) is 6.54 Å². The Bertz CT molecular complexity index is 181. The van der Waals surface area contributed by atoms with Crippen molar-refractivity contribution in [1.82, 2.24) is 5.32 Å². The highest BCUT2D eigenvalue weighted by Crippen LogP contribution is 2.22. The van der Waals surface area contributed by atoms with E-state index >= 15 is 0 Å². The quantitative estimate of drug-likeness (QED) is 0.667. The van der Waals surface area contributed by atoms with Gasteiger partial charge in [0, 0.05) is 6.04 Å². The summed E-state index contributed by atoms with van der Waals surface area (Å²) in [7, 11) is 0. The van der Waals surface area contributed by atoms with Gasteiger partial charge in [-0.15, -0.1) is 0 Å². The molecule has 0 bridgehead atoms. The molecule has 0 spiro atoms. The highest BCUT2D eigenvalue weighted by molar-refractivity contribution is 7.98. The Hall–Kier alpha value is 0.0500. The van der Waals surface area contributed by atoms with Crippen LogP contribution < -0.4 is 5.32 Å². The third kappa shape index (κ3) is 5.07. The minimum Gasteiger partial charge on any atom is -0.310 e. The van der Waals surface area contributed by atoms with Gasteiger partial charge in [0.2, 0.25) is 0 Å². The first-order valence-electron chi connectivity index (χ1n) is 6.29. The van der Waals surface area contributed by atoms with E-state index < -0.39 is 0 Å². The molecule has 1 unspecified atom stereocenters. The van der Waals surface area contributed by atoms with Crippen molar-refractivity contribution in [3.63, 3.8) is 0 Å². The number of nitrogens with one attached hydrogen (secondary N) is 1. The van der Waals surface area contributed by atoms with Crippen LogP contribution in [0.3, 0.4) is 0 Å². The van der Waals surface area contributed by atoms with Crippen molar-refractivity contribution in [3.05, 3.63) is 11.6 Å². The normalized spacial score (nSPS) is 18.7. The molecule has 0 aromatic rings. The van der Waals surface area contributed by atoms with Crippen molar-refractivity contribution in [2.24, 2.45) is 0 Å². The molecule has 15 heavy (non-hydrogen) atoms. The molecule has 88 valence electrons. The number of allylic oxidation sites excluding steroid dienone is 1. The van der Waals surface area contributed by atoms with Gasteiger partial charge in [-0.3, -0.25) is 0 Å². The number of hydrogen-bond donors (Lipinski definition) is 1. The lowest BCUT2D eigenvalue weighted by atomic mass is 9.92. The Kier molecular flexibility index (Phi) is 7.20. The molecule has 0 fully saturated rings. The van der Waals surface area contributed by atoms with Crippen molar-refractivity contribution in [1.29, 1.82) is 0 Å². The van der Waals surface area contributed by atoms with E-state index in [9.17, 15) is 0 Å². The minimum atomic E-state index is 0.665. The van der Waals surface area contributed by atoms with E-state index in [0.29, 0.717) is 6.04 Å². The molecule has 0 aromatic heterocycles. The summed E-state index contributed by atoms with van der Waals surface area (Å²) in [5, 5.41) is 3.69. The van der Waals surface area contributed by atoms with Crippen molar-refractivity contribution < 1.29 is 0 Å². The predicted octanol–water partition coefficient (Wildman–Crippen LogP) is 3.61. The molecule has 0 saturated carbocycles. The van der Waals surface area contributed by atoms with Crippen LogP contribution in [0.2, 0.25) is 0 Å². The first-order chi connectivity index (χ1) is 7.38. The molecule has 1 atom stereocenters. The maximum atomic E-state index is 3.69. The summed E-state index contributed by atoms with van der Waals surface area (Å²) in [5.41, 5.74) is 1.68. The van der Waals surface area contributed by atoms with E-state index in [1.54, 1.807) is 5.57 Å². The van der Waals surface area contributed by atoms with E-state index in [2.05, 4.69) is 24.6 Å². The molecule has 1 nitrogen and oxygen atoms in total. The molecule has 0 heterocycles. The first kappa shape index (κ1) is 13.1. The lowest BCUT2D eigenvalue weighted by Gasteiger charge is -2.24. The lowest BCUT2D eigenvalue weighted by Crippen LogP contribution is -2.32. The van der Waals surface area contributed by atoms with Crippen molar-refractivity contribution in [2.75, 3.05) is 18.6 Å². The SMILES string of the molecule is CCCNC(CCSC)C1=CCCCC1. The van der Waals surface area contributed by atoms with Gasteiger partial charge in [0.1, 0.15) is 0 Å². The van der Waals surface area contributed by atoms with Crippen LogP contribution in [0.1, 0.15) is 45.4 Å². The van der Waals surface area contributed by atoms with Crippen LogP contribution in [0.25, 0.3) is 0 Å². The maximum absolute atomic E-state index is 3.69. The fourth-order valence-corrected chi connectivity index (χ4v) is 2.62. The Morgan fingerprint density at radius 3 is 2.93 bits per heavy atom. The molecule has 1 N–H and O–H groups in total. The fraction of sp³-hybridized carbons (Fsp3) is 0.846. The highest BCUT2D eigenvalue weighted by atomic mass is 32.2. The zero-order chi connectivity index (χ0) is 10.9. The molecule has 0 aliphatic heterocycles. The average Bonchev–Trinajstić information content (AvgIpc) is 2.30. The smallest absolute Gasteiger partial charge is 0.0287 e. The van der Waals surface area contributed by atoms with Gasteiger partial charge in [0.15, 0.2) is 0 Å². The zero-order valence-electron chi connectivity index (χ0n) is 10.2. The molecular formula is C13H25NS. The van der Waals surface area contributed by atoms with Crippen LogP contribution in [-0.2, 0) is 0 Å². The molecule has 1 aliphatic carbocycles. The molecule has 1 rings (SSSR count). The Morgan fingerprint density at radius 2 is 2.33 bits per heavy atom. The summed E-state index contributed by atoms with van der Waals surface area (Å²) in [6.45, 7) is 3.41. The fourth-order valence-electron chi connectivity index (χ4n) is 2.15. The topological polar surface area (TPSA) is 12.0 Å². The third-order valence-corrected chi connectivity index (χ3v) is 3.67. The molecule has 0 aromatic carbocycles. The Labute approximate surface area is 99.1 Å². The van der Waals surface area contributed by atoms with Gasteiger partial charge in [-0.25, -0.2) is 0 Å². The van der Waals surface area contributed by atoms with Crippen molar-refractivity contribution >= 4 is 11.8 Å². The van der Waals surface area contributed by atoms with Crippen LogP contribution in [0, 0.1) is 0 Å². The third-order valence-electron chi connectivity index (χ3n) is 3.03. The number of thioether (sulfide) groups is 1. The Morgan fingerprint density at radius 1 is 1.47 bits per heavy atom. The van der Waals surface area contributed by atoms with Crippen LogP contribution in [0.15, 0.2) is 11.6 Å². The van der Waals surface area contributed by atoms with Gasteiger partial charge in [-0.2, -0.15) is 11.8 Å². The molecule has 1 aliphatic rings. The number of hydrogen-bond acceptors (Lipinski definition) is 2. The molecule has 0 saturated heterocycles. The van der Waals surface area contributed by atoms with Gasteiger partial charge in [-0.1, -0.05) is 18.6 Å². The molecular weight excluding hydrogens is 202 g/mol. The van der Waals surface area contributed by atoms with Crippen LogP contribution in [-0.4, -0.2) is 24.6 Å². The minimum absolute atomic E-state index is 0.665. The van der Waals surface area contributed by atoms with Gasteiger partial charge in [0.05, 0.1) is 0 Å². The zero-order valence-corrected chi connectivity index (χ0v) is 11.0. The van der Waals surface area contributed by atoms with Gasteiger partial charge in [-0.05, 0) is 57.1 Å². The summed E-state index contributed by atoms with van der Waals surface area (Å²) >= 11 is 1.96. The first-order valence-corrected chi connectivity index (χ1v) is 7.69. The van der Waals surface area contributed by atoms with E-state index in [-0.39, 0.29) is 0 Å². The highest BCUT2D eigenvalue weighted by Gasteiger charge is 2.14. The largest absolute Gasteiger partial charge is 0.310 e. The summed E-state index contributed by atoms with van der Waals surface area (Å²) in [6.07, 6.45) is 12.6. The van der Waals surface area contributed by atoms with E-state index in [1.807, 2.05) is 11.8 Å². The van der Waals surface area contributed by atoms with E-state index in [4.69, 9.17) is 0 Å². The van der Waals surface area contributed by atoms with Gasteiger partial charge < -0.3 is 5.32 Å². The molecule has 2 heteroatoms. The van der Waals surface area contributed by atoms with Gasteiger partial charge in [0.25, 0.3) is 0 Å². The summed E-state index contributed by atoms with van der Waals surface area (Å²) < 4.78 is 0. The molecule has 0 amide bonds. The summed E-state index contributed by atoms with van der Waals surface area (Å²) in [5.74, 6) is 1.28. The second-order valence-electron chi connectivity index (χ2n) is 4.31. The van der Waals surface area contributed by atoms with Gasteiger partial charge >= 0.3 is 0 Å². The van der Waals surface area contributed by atoms with Crippen molar-refractivity contribution in [2.45, 2.75) is 51.5 Å². The predicted molar refractivity (Wildman–Crippen MR) is 71.6 cm³/mol. The monoisotopic (exact) mass is 227 g/mol. The van der Waals surface area contributed by atoms with Crippen molar-refractivity contribution in [3.8, 4) is 0 Å². The second kappa shape index (κ2) is 8.23. The number of rotatable bonds is 7. The Balaban J connectivity index is 2.41. The van der Waals surface area contributed by atoms with Crippen LogP contribution >= 0.6 is 11.8 Å². The second-order valence-corrected chi connectivity index (χ2v) is 5.30. The van der Waals surface area contributed by atoms with Crippen LogP contribution in [0.4, 0.5) is 0 Å². The summed E-state index contributed by atoms with van der Waals surface area (Å²) in [6, 6.07) is 0.665. The van der Waals surface area contributed by atoms with Crippen LogP contribution in [0.5, 0.6) is 0 Å². The summed E-state index contributed by atoms with van der Waals surface area (Å²) in [4.78, 5) is 0.